The van der Waals surface area contributed by atoms with E-state index in [0.29, 0.717) is 6.42 Å². The van der Waals surface area contributed by atoms with E-state index < -0.39 is 0 Å². The molecule has 1 heterocycles. The molecule has 0 aliphatic rings. The van der Waals surface area contributed by atoms with Gasteiger partial charge in [0.15, 0.2) is 5.16 Å². The highest BCUT2D eigenvalue weighted by atomic mass is 32.2. The van der Waals surface area contributed by atoms with Gasteiger partial charge >= 0.3 is 0 Å². The highest BCUT2D eigenvalue weighted by molar-refractivity contribution is 7.99. The van der Waals surface area contributed by atoms with Crippen LogP contribution in [0.2, 0.25) is 0 Å². The van der Waals surface area contributed by atoms with E-state index in [1.54, 1.807) is 11.8 Å². The predicted molar refractivity (Wildman–Crippen MR) is 195 cm³/mol. The van der Waals surface area contributed by atoms with Crippen LogP contribution in [-0.2, 0) is 11.2 Å². The van der Waals surface area contributed by atoms with Crippen LogP contribution < -0.4 is 0 Å². The highest BCUT2D eigenvalue weighted by Crippen LogP contribution is 2.33. The van der Waals surface area contributed by atoms with Crippen LogP contribution >= 0.6 is 11.8 Å². The van der Waals surface area contributed by atoms with Crippen LogP contribution in [0.3, 0.4) is 0 Å². The Morgan fingerprint density at radius 2 is 1.17 bits per heavy atom. The summed E-state index contributed by atoms with van der Waals surface area (Å²) in [5, 5.41) is 0.958. The van der Waals surface area contributed by atoms with Gasteiger partial charge in [-0.25, -0.2) is 4.98 Å². The van der Waals surface area contributed by atoms with Crippen molar-refractivity contribution >= 4 is 17.7 Å². The van der Waals surface area contributed by atoms with Crippen molar-refractivity contribution in [2.45, 2.75) is 69.9 Å². The minimum Gasteiger partial charge on any atom is -0.342 e. The number of aromatic nitrogens is 2. The van der Waals surface area contributed by atoms with Gasteiger partial charge in [0, 0.05) is 30.0 Å². The van der Waals surface area contributed by atoms with E-state index in [2.05, 4.69) is 114 Å². The number of unbranched alkanes of at least 4 members (excludes halogenated alkanes) is 6. The van der Waals surface area contributed by atoms with Crippen molar-refractivity contribution in [3.63, 3.8) is 0 Å². The summed E-state index contributed by atoms with van der Waals surface area (Å²) in [5.41, 5.74) is 7.80. The maximum absolute atomic E-state index is 13.5. The molecule has 1 amide bonds. The smallest absolute Gasteiger partial charge is 0.226 e. The number of rotatable bonds is 18. The molecule has 0 bridgehead atoms. The molecule has 5 heteroatoms. The van der Waals surface area contributed by atoms with E-state index in [-0.39, 0.29) is 5.91 Å². The normalized spacial score (nSPS) is 11.1. The number of thioether (sulfide) groups is 1. The third-order valence-electron chi connectivity index (χ3n) is 8.40. The van der Waals surface area contributed by atoms with Crippen LogP contribution in [-0.4, -0.2) is 39.6 Å². The molecular weight excluding hydrogens is 583 g/mol. The van der Waals surface area contributed by atoms with Crippen LogP contribution in [0, 0.1) is 0 Å². The second-order valence-corrected chi connectivity index (χ2v) is 13.0. The van der Waals surface area contributed by atoms with Gasteiger partial charge in [-0.15, -0.1) is 0 Å². The van der Waals surface area contributed by atoms with E-state index in [1.807, 2.05) is 18.2 Å². The maximum Gasteiger partial charge on any atom is 0.226 e. The maximum atomic E-state index is 13.5. The highest BCUT2D eigenvalue weighted by Gasteiger charge is 2.16. The fourth-order valence-electron chi connectivity index (χ4n) is 5.79. The van der Waals surface area contributed by atoms with Crippen molar-refractivity contribution in [2.24, 2.45) is 0 Å². The summed E-state index contributed by atoms with van der Waals surface area (Å²) < 4.78 is 0. The lowest BCUT2D eigenvalue weighted by atomic mass is 10.0. The Labute approximate surface area is 279 Å². The van der Waals surface area contributed by atoms with Gasteiger partial charge in [-0.3, -0.25) is 4.79 Å². The fraction of sp³-hybridized carbons (Fsp3) is 0.317. The average molecular weight is 630 g/mol. The van der Waals surface area contributed by atoms with Crippen LogP contribution in [0.25, 0.3) is 33.6 Å². The minimum atomic E-state index is 0.245. The van der Waals surface area contributed by atoms with Crippen molar-refractivity contribution in [3.8, 4) is 33.6 Å². The molecule has 0 unspecified atom stereocenters. The first-order chi connectivity index (χ1) is 22.7. The first kappa shape index (κ1) is 33.3. The summed E-state index contributed by atoms with van der Waals surface area (Å²) in [4.78, 5) is 24.2. The number of nitrogens with one attached hydrogen (secondary N) is 1. The number of amides is 1. The molecule has 0 spiro atoms. The fourth-order valence-corrected chi connectivity index (χ4v) is 6.66. The van der Waals surface area contributed by atoms with Crippen molar-refractivity contribution in [3.05, 3.63) is 121 Å². The summed E-state index contributed by atoms with van der Waals surface area (Å²) in [6.45, 7) is 3.93. The zero-order chi connectivity index (χ0) is 31.8. The lowest BCUT2D eigenvalue weighted by molar-refractivity contribution is -0.130. The Morgan fingerprint density at radius 3 is 1.80 bits per heavy atom. The van der Waals surface area contributed by atoms with E-state index in [9.17, 15) is 4.79 Å². The number of H-pyrrole nitrogens is 1. The molecule has 4 aromatic carbocycles. The molecule has 1 N–H and O–H groups in total. The molecule has 0 aliphatic heterocycles. The Balaban J connectivity index is 1.12. The quantitative estimate of drug-likeness (QED) is 0.0775. The molecule has 0 fully saturated rings. The second-order valence-electron chi connectivity index (χ2n) is 11.9. The molecule has 0 aliphatic carbocycles. The first-order valence-corrected chi connectivity index (χ1v) is 18.0. The molecular formula is C41H47N3OS. The topological polar surface area (TPSA) is 49.0 Å². The molecule has 0 atom stereocenters. The molecule has 0 radical (unpaired) electrons. The number of benzene rings is 4. The van der Waals surface area contributed by atoms with Crippen molar-refractivity contribution < 1.29 is 4.79 Å². The zero-order valence-electron chi connectivity index (χ0n) is 27.2. The zero-order valence-corrected chi connectivity index (χ0v) is 28.0. The summed E-state index contributed by atoms with van der Waals surface area (Å²) >= 11 is 1.79. The molecule has 5 aromatic rings. The van der Waals surface area contributed by atoms with Crippen molar-refractivity contribution in [1.29, 1.82) is 0 Å². The number of imidazole rings is 1. The molecule has 238 valence electrons. The minimum absolute atomic E-state index is 0.245. The third kappa shape index (κ3) is 9.95. The van der Waals surface area contributed by atoms with Gasteiger partial charge in [0.1, 0.15) is 0 Å². The third-order valence-corrected chi connectivity index (χ3v) is 9.36. The Morgan fingerprint density at radius 1 is 0.630 bits per heavy atom. The van der Waals surface area contributed by atoms with Gasteiger partial charge in [0.2, 0.25) is 5.91 Å². The predicted octanol–water partition coefficient (Wildman–Crippen LogP) is 10.7. The van der Waals surface area contributed by atoms with Crippen LogP contribution in [0.15, 0.2) is 120 Å². The number of carbonyl (C=O) groups excluding carboxylic acids is 1. The van der Waals surface area contributed by atoms with Crippen molar-refractivity contribution in [1.82, 2.24) is 14.9 Å². The lowest BCUT2D eigenvalue weighted by Crippen LogP contribution is -2.34. The molecule has 4 nitrogen and oxygen atoms in total. The van der Waals surface area contributed by atoms with Gasteiger partial charge in [0.05, 0.1) is 17.8 Å². The Kier molecular flexibility index (Phi) is 13.1. The summed E-state index contributed by atoms with van der Waals surface area (Å²) in [5.74, 6) is 1.24. The van der Waals surface area contributed by atoms with Crippen LogP contribution in [0.4, 0.5) is 0 Å². The lowest BCUT2D eigenvalue weighted by Gasteiger charge is -2.23. The van der Waals surface area contributed by atoms with Crippen LogP contribution in [0.1, 0.15) is 63.9 Å². The van der Waals surface area contributed by atoms with Gasteiger partial charge in [-0.05, 0) is 36.0 Å². The molecule has 1 aromatic heterocycles. The summed E-state index contributed by atoms with van der Waals surface area (Å²) in [6.07, 6.45) is 9.71. The Hall–Kier alpha value is -4.09. The first-order valence-electron chi connectivity index (χ1n) is 17.0. The van der Waals surface area contributed by atoms with Crippen molar-refractivity contribution in [2.75, 3.05) is 18.8 Å². The number of aromatic amines is 1. The van der Waals surface area contributed by atoms with Gasteiger partial charge in [-0.2, -0.15) is 0 Å². The van der Waals surface area contributed by atoms with E-state index in [1.165, 1.54) is 36.8 Å². The van der Waals surface area contributed by atoms with Gasteiger partial charge < -0.3 is 9.88 Å². The second kappa shape index (κ2) is 18.2. The molecule has 0 saturated heterocycles. The summed E-state index contributed by atoms with van der Waals surface area (Å²) in [6, 6.07) is 39.7. The van der Waals surface area contributed by atoms with E-state index in [0.717, 1.165) is 77.8 Å². The average Bonchev–Trinajstić information content (AvgIpc) is 3.54. The van der Waals surface area contributed by atoms with E-state index >= 15 is 0 Å². The number of hydrogen-bond acceptors (Lipinski definition) is 3. The van der Waals surface area contributed by atoms with Gasteiger partial charge in [0.25, 0.3) is 0 Å². The SMILES string of the molecule is CCCCCCCN(CCCCCSc1nc(-c2ccccc2)c(-c2ccccc2)[nH]1)C(=O)Cc1ccc(-c2ccccc2)cc1. The molecule has 0 saturated carbocycles. The number of hydrogen-bond donors (Lipinski definition) is 1. The number of nitrogens with zero attached hydrogens (tertiary/aromatic N) is 2. The Bertz CT molecular complexity index is 1530. The summed E-state index contributed by atoms with van der Waals surface area (Å²) in [7, 11) is 0. The molecule has 5 rings (SSSR count). The largest absolute Gasteiger partial charge is 0.342 e. The van der Waals surface area contributed by atoms with E-state index in [4.69, 9.17) is 4.98 Å². The van der Waals surface area contributed by atoms with Crippen LogP contribution in [0.5, 0.6) is 0 Å². The van der Waals surface area contributed by atoms with Gasteiger partial charge in [-0.1, -0.05) is 166 Å². The molecule has 46 heavy (non-hydrogen) atoms. The number of carbonyl (C=O) groups is 1. The monoisotopic (exact) mass is 629 g/mol. The standard InChI is InChI=1S/C41H47N3OS/c1-2-3-4-5-16-29-44(38(45)32-33-25-27-35(28-26-33)34-19-10-6-11-20-34)30-17-9-18-31-46-41-42-39(36-21-12-7-13-22-36)40(43-41)37-23-14-8-15-24-37/h6-8,10-15,19-28H,2-5,9,16-18,29-32H2,1H3,(H,42,43).